The molecule has 1 aromatic rings. The average molecular weight is 345 g/mol. The topological polar surface area (TPSA) is 78.5 Å². The molecule has 1 saturated heterocycles. The van der Waals surface area contributed by atoms with Gasteiger partial charge in [-0.1, -0.05) is 6.92 Å². The van der Waals surface area contributed by atoms with Crippen LogP contribution in [0.3, 0.4) is 0 Å². The van der Waals surface area contributed by atoms with Gasteiger partial charge in [-0.25, -0.2) is 8.42 Å². The van der Waals surface area contributed by atoms with Crippen molar-refractivity contribution in [2.75, 3.05) is 26.2 Å². The maximum atomic E-state index is 12.6. The number of hydrogen-bond acceptors (Lipinski definition) is 5. The van der Waals surface area contributed by atoms with Crippen molar-refractivity contribution in [3.63, 3.8) is 0 Å². The van der Waals surface area contributed by atoms with Crippen molar-refractivity contribution in [2.45, 2.75) is 37.6 Å². The number of nitrogens with one attached hydrogen (secondary N) is 2. The first-order valence-corrected chi connectivity index (χ1v) is 9.88. The van der Waals surface area contributed by atoms with E-state index in [-0.39, 0.29) is 21.7 Å². The Bertz CT molecular complexity index is 607. The minimum absolute atomic E-state index is 0.132. The van der Waals surface area contributed by atoms with Gasteiger partial charge in [-0.15, -0.1) is 11.3 Å². The van der Waals surface area contributed by atoms with E-state index in [1.807, 2.05) is 13.8 Å². The van der Waals surface area contributed by atoms with Crippen molar-refractivity contribution in [3.8, 4) is 0 Å². The number of amides is 1. The number of sulfonamides is 1. The lowest BCUT2D eigenvalue weighted by Gasteiger charge is -2.16. The summed E-state index contributed by atoms with van der Waals surface area (Å²) in [4.78, 5) is 12.7. The van der Waals surface area contributed by atoms with Gasteiger partial charge < -0.3 is 10.6 Å². The molecular formula is C14H23N3O3S2. The number of rotatable bonds is 7. The highest BCUT2D eigenvalue weighted by atomic mass is 32.2. The zero-order valence-electron chi connectivity index (χ0n) is 13.0. The smallest absolute Gasteiger partial charge is 0.262 e. The number of carbonyl (C=O) groups excluding carboxylic acids is 1. The van der Waals surface area contributed by atoms with Crippen LogP contribution in [-0.4, -0.2) is 50.9 Å². The Morgan fingerprint density at radius 2 is 2.09 bits per heavy atom. The molecule has 2 N–H and O–H groups in total. The van der Waals surface area contributed by atoms with Crippen LogP contribution < -0.4 is 10.6 Å². The van der Waals surface area contributed by atoms with Crippen molar-refractivity contribution < 1.29 is 13.2 Å². The number of carbonyl (C=O) groups is 1. The Hall–Kier alpha value is -0.960. The predicted octanol–water partition coefficient (Wildman–Crippen LogP) is 1.26. The van der Waals surface area contributed by atoms with Gasteiger partial charge in [0.25, 0.3) is 5.91 Å². The third kappa shape index (κ3) is 3.87. The van der Waals surface area contributed by atoms with Gasteiger partial charge in [0.1, 0.15) is 9.77 Å². The second-order valence-electron chi connectivity index (χ2n) is 5.39. The third-order valence-electron chi connectivity index (χ3n) is 3.64. The van der Waals surface area contributed by atoms with Crippen molar-refractivity contribution in [3.05, 3.63) is 16.3 Å². The molecular weight excluding hydrogens is 322 g/mol. The van der Waals surface area contributed by atoms with E-state index in [4.69, 9.17) is 0 Å². The number of nitrogens with zero attached hydrogens (tertiary/aromatic N) is 1. The van der Waals surface area contributed by atoms with E-state index in [0.29, 0.717) is 19.6 Å². The first-order valence-electron chi connectivity index (χ1n) is 7.56. The Kier molecular flexibility index (Phi) is 5.96. The van der Waals surface area contributed by atoms with Crippen molar-refractivity contribution in [1.29, 1.82) is 0 Å². The number of likely N-dealkylation sites (N-methyl/N-ethyl adjacent to an activating group) is 1. The predicted molar refractivity (Wildman–Crippen MR) is 87.8 cm³/mol. The summed E-state index contributed by atoms with van der Waals surface area (Å²) in [5.74, 6) is -0.322. The Morgan fingerprint density at radius 3 is 2.73 bits per heavy atom. The lowest BCUT2D eigenvalue weighted by atomic mass is 10.3. The molecule has 1 aliphatic heterocycles. The molecule has 0 bridgehead atoms. The first kappa shape index (κ1) is 17.4. The fraction of sp³-hybridized carbons (Fsp3) is 0.643. The molecule has 0 spiro atoms. The quantitative estimate of drug-likeness (QED) is 0.780. The standard InChI is InChI=1S/C14H23N3O3S2/c1-3-15-11(2)10-16-14(18)13-12(6-9-21-13)22(19,20)17-7-4-5-8-17/h6,9,11,15H,3-5,7-8,10H2,1-2H3,(H,16,18)/t11-/m1/s1. The summed E-state index contributed by atoms with van der Waals surface area (Å²) in [5, 5.41) is 7.65. The van der Waals surface area contributed by atoms with Crippen molar-refractivity contribution >= 4 is 27.3 Å². The van der Waals surface area contributed by atoms with Crippen molar-refractivity contribution in [1.82, 2.24) is 14.9 Å². The monoisotopic (exact) mass is 345 g/mol. The van der Waals surface area contributed by atoms with Gasteiger partial charge in [0.15, 0.2) is 0 Å². The summed E-state index contributed by atoms with van der Waals surface area (Å²) < 4.78 is 26.7. The minimum atomic E-state index is -3.55. The molecule has 1 fully saturated rings. The van der Waals surface area contributed by atoms with Gasteiger partial charge in [0.2, 0.25) is 10.0 Å². The van der Waals surface area contributed by atoms with Crippen LogP contribution in [0.25, 0.3) is 0 Å². The summed E-state index contributed by atoms with van der Waals surface area (Å²) in [6.45, 7) is 6.34. The number of hydrogen-bond donors (Lipinski definition) is 2. The van der Waals surface area contributed by atoms with E-state index in [0.717, 1.165) is 19.4 Å². The Labute approximate surface area is 135 Å². The first-order chi connectivity index (χ1) is 10.5. The molecule has 2 rings (SSSR count). The average Bonchev–Trinajstić information content (AvgIpc) is 3.15. The van der Waals surface area contributed by atoms with Gasteiger partial charge in [0, 0.05) is 25.7 Å². The van der Waals surface area contributed by atoms with E-state index in [9.17, 15) is 13.2 Å². The molecule has 1 amide bonds. The maximum Gasteiger partial charge on any atom is 0.262 e. The zero-order chi connectivity index (χ0) is 16.2. The van der Waals surface area contributed by atoms with E-state index in [1.165, 1.54) is 21.7 Å². The van der Waals surface area contributed by atoms with Crippen LogP contribution in [0.4, 0.5) is 0 Å². The van der Waals surface area contributed by atoms with Crippen LogP contribution >= 0.6 is 11.3 Å². The van der Waals surface area contributed by atoms with Crippen LogP contribution in [0.1, 0.15) is 36.4 Å². The maximum absolute atomic E-state index is 12.6. The lowest BCUT2D eigenvalue weighted by Crippen LogP contribution is -2.39. The molecule has 0 aromatic carbocycles. The lowest BCUT2D eigenvalue weighted by molar-refractivity contribution is 0.0951. The van der Waals surface area contributed by atoms with Crippen LogP contribution in [0.5, 0.6) is 0 Å². The van der Waals surface area contributed by atoms with E-state index in [2.05, 4.69) is 10.6 Å². The molecule has 0 radical (unpaired) electrons. The normalized spacial score (nSPS) is 17.5. The van der Waals surface area contributed by atoms with Crippen LogP contribution in [-0.2, 0) is 10.0 Å². The van der Waals surface area contributed by atoms with Crippen LogP contribution in [0.15, 0.2) is 16.3 Å². The molecule has 1 atom stereocenters. The van der Waals surface area contributed by atoms with Gasteiger partial charge in [-0.05, 0) is 37.8 Å². The second kappa shape index (κ2) is 7.54. The van der Waals surface area contributed by atoms with E-state index in [1.54, 1.807) is 5.38 Å². The SMILES string of the molecule is CCN[C@H](C)CNC(=O)c1sccc1S(=O)(=O)N1CCCC1. The molecule has 8 heteroatoms. The molecule has 6 nitrogen and oxygen atoms in total. The molecule has 2 heterocycles. The molecule has 124 valence electrons. The van der Waals surface area contributed by atoms with Crippen molar-refractivity contribution in [2.24, 2.45) is 0 Å². The molecule has 22 heavy (non-hydrogen) atoms. The fourth-order valence-corrected chi connectivity index (χ4v) is 5.31. The van der Waals surface area contributed by atoms with Gasteiger partial charge in [-0.3, -0.25) is 4.79 Å². The summed E-state index contributed by atoms with van der Waals surface area (Å²) >= 11 is 1.17. The highest BCUT2D eigenvalue weighted by Crippen LogP contribution is 2.27. The summed E-state index contributed by atoms with van der Waals surface area (Å²) in [7, 11) is -3.55. The fourth-order valence-electron chi connectivity index (χ4n) is 2.48. The molecule has 0 saturated carbocycles. The van der Waals surface area contributed by atoms with E-state index < -0.39 is 10.0 Å². The van der Waals surface area contributed by atoms with Gasteiger partial charge in [0.05, 0.1) is 0 Å². The zero-order valence-corrected chi connectivity index (χ0v) is 14.6. The van der Waals surface area contributed by atoms with Crippen LogP contribution in [0, 0.1) is 0 Å². The Morgan fingerprint density at radius 1 is 1.41 bits per heavy atom. The molecule has 0 aliphatic carbocycles. The summed E-state index contributed by atoms with van der Waals surface area (Å²) in [6.07, 6.45) is 1.76. The highest BCUT2D eigenvalue weighted by molar-refractivity contribution is 7.89. The highest BCUT2D eigenvalue weighted by Gasteiger charge is 2.31. The second-order valence-corrected chi connectivity index (χ2v) is 8.22. The molecule has 1 aromatic heterocycles. The van der Waals surface area contributed by atoms with Gasteiger partial charge in [-0.2, -0.15) is 4.31 Å². The van der Waals surface area contributed by atoms with Gasteiger partial charge >= 0.3 is 0 Å². The summed E-state index contributed by atoms with van der Waals surface area (Å²) in [5.41, 5.74) is 0. The van der Waals surface area contributed by atoms with E-state index >= 15 is 0 Å². The molecule has 1 aliphatic rings. The summed E-state index contributed by atoms with van der Waals surface area (Å²) in [6, 6.07) is 1.67. The Balaban J connectivity index is 2.10. The minimum Gasteiger partial charge on any atom is -0.350 e. The van der Waals surface area contributed by atoms with Crippen LogP contribution in [0.2, 0.25) is 0 Å². The largest absolute Gasteiger partial charge is 0.350 e. The third-order valence-corrected chi connectivity index (χ3v) is 6.62. The molecule has 0 unspecified atom stereocenters. The number of thiophene rings is 1.